The number of benzene rings is 1. The van der Waals surface area contributed by atoms with Gasteiger partial charge in [-0.25, -0.2) is 0 Å². The molecule has 2 saturated heterocycles. The van der Waals surface area contributed by atoms with Gasteiger partial charge in [-0.1, -0.05) is 30.3 Å². The second-order valence-corrected chi connectivity index (χ2v) is 7.27. The normalized spacial score (nSPS) is 25.6. The van der Waals surface area contributed by atoms with Crippen molar-refractivity contribution in [3.63, 3.8) is 0 Å². The number of hydrogen-bond donors (Lipinski definition) is 1. The molecule has 1 spiro atoms. The van der Waals surface area contributed by atoms with Gasteiger partial charge in [0.25, 0.3) is 5.91 Å². The summed E-state index contributed by atoms with van der Waals surface area (Å²) in [6, 6.07) is 10.5. The number of carbonyl (C=O) groups is 1. The average molecular weight is 332 g/mol. The van der Waals surface area contributed by atoms with Crippen molar-refractivity contribution < 1.29 is 14.6 Å². The van der Waals surface area contributed by atoms with Gasteiger partial charge in [-0.15, -0.1) is 0 Å². The SMILES string of the molecule is CC1CN(Cc2ccccc2)CC2(CCN(C(=O)C(C)O)CC2)O1. The van der Waals surface area contributed by atoms with Crippen molar-refractivity contribution in [2.24, 2.45) is 0 Å². The number of rotatable bonds is 3. The second-order valence-electron chi connectivity index (χ2n) is 7.27. The lowest BCUT2D eigenvalue weighted by molar-refractivity contribution is -0.176. The maximum absolute atomic E-state index is 12.0. The highest BCUT2D eigenvalue weighted by molar-refractivity contribution is 5.80. The van der Waals surface area contributed by atoms with E-state index in [1.54, 1.807) is 4.90 Å². The van der Waals surface area contributed by atoms with Crippen LogP contribution in [0.3, 0.4) is 0 Å². The molecule has 0 radical (unpaired) electrons. The average Bonchev–Trinajstić information content (AvgIpc) is 2.55. The van der Waals surface area contributed by atoms with Gasteiger partial charge >= 0.3 is 0 Å². The van der Waals surface area contributed by atoms with Crippen LogP contribution in [0.5, 0.6) is 0 Å². The van der Waals surface area contributed by atoms with E-state index < -0.39 is 6.10 Å². The number of hydrogen-bond acceptors (Lipinski definition) is 4. The topological polar surface area (TPSA) is 53.0 Å². The van der Waals surface area contributed by atoms with Crippen LogP contribution >= 0.6 is 0 Å². The summed E-state index contributed by atoms with van der Waals surface area (Å²) in [5.41, 5.74) is 1.16. The van der Waals surface area contributed by atoms with Crippen LogP contribution in [0.15, 0.2) is 30.3 Å². The molecule has 3 rings (SSSR count). The molecule has 1 N–H and O–H groups in total. The molecule has 2 aliphatic rings. The van der Waals surface area contributed by atoms with Crippen LogP contribution in [0.1, 0.15) is 32.3 Å². The molecule has 2 fully saturated rings. The largest absolute Gasteiger partial charge is 0.384 e. The Morgan fingerprint density at radius 1 is 1.33 bits per heavy atom. The number of carbonyl (C=O) groups excluding carboxylic acids is 1. The van der Waals surface area contributed by atoms with E-state index in [2.05, 4.69) is 36.1 Å². The van der Waals surface area contributed by atoms with Crippen molar-refractivity contribution in [1.29, 1.82) is 0 Å². The number of aliphatic hydroxyl groups is 1. The van der Waals surface area contributed by atoms with Crippen LogP contribution in [0.2, 0.25) is 0 Å². The fourth-order valence-corrected chi connectivity index (χ4v) is 3.97. The molecule has 2 heterocycles. The van der Waals surface area contributed by atoms with E-state index in [4.69, 9.17) is 4.74 Å². The molecule has 24 heavy (non-hydrogen) atoms. The Bertz CT molecular complexity index is 553. The van der Waals surface area contributed by atoms with Crippen LogP contribution in [0.25, 0.3) is 0 Å². The van der Waals surface area contributed by atoms with Crippen LogP contribution in [-0.4, -0.2) is 64.8 Å². The first kappa shape index (κ1) is 17.4. The van der Waals surface area contributed by atoms with Crippen LogP contribution < -0.4 is 0 Å². The first-order chi connectivity index (χ1) is 11.5. The zero-order valence-electron chi connectivity index (χ0n) is 14.6. The Kier molecular flexibility index (Phi) is 5.23. The monoisotopic (exact) mass is 332 g/mol. The summed E-state index contributed by atoms with van der Waals surface area (Å²) in [7, 11) is 0. The summed E-state index contributed by atoms with van der Waals surface area (Å²) in [4.78, 5) is 16.2. The van der Waals surface area contributed by atoms with Gasteiger partial charge in [0.15, 0.2) is 0 Å². The maximum atomic E-state index is 12.0. The van der Waals surface area contributed by atoms with Crippen molar-refractivity contribution in [3.8, 4) is 0 Å². The van der Waals surface area contributed by atoms with Gasteiger partial charge in [0.1, 0.15) is 6.10 Å². The number of amides is 1. The summed E-state index contributed by atoms with van der Waals surface area (Å²) >= 11 is 0. The van der Waals surface area contributed by atoms with E-state index in [9.17, 15) is 9.90 Å². The molecule has 2 unspecified atom stereocenters. The Morgan fingerprint density at radius 3 is 2.62 bits per heavy atom. The Morgan fingerprint density at radius 2 is 2.00 bits per heavy atom. The maximum Gasteiger partial charge on any atom is 0.251 e. The van der Waals surface area contributed by atoms with E-state index in [1.165, 1.54) is 12.5 Å². The molecule has 5 nitrogen and oxygen atoms in total. The fourth-order valence-electron chi connectivity index (χ4n) is 3.97. The van der Waals surface area contributed by atoms with Gasteiger partial charge in [0.05, 0.1) is 11.7 Å². The molecule has 2 aliphatic heterocycles. The molecule has 0 bridgehead atoms. The molecular weight excluding hydrogens is 304 g/mol. The second kappa shape index (κ2) is 7.21. The highest BCUT2D eigenvalue weighted by atomic mass is 16.5. The Balaban J connectivity index is 1.62. The molecule has 1 aromatic carbocycles. The lowest BCUT2D eigenvalue weighted by atomic mass is 9.88. The molecule has 0 aliphatic carbocycles. The minimum absolute atomic E-state index is 0.165. The van der Waals surface area contributed by atoms with Gasteiger partial charge in [-0.05, 0) is 32.3 Å². The summed E-state index contributed by atoms with van der Waals surface area (Å²) in [6.45, 7) is 7.77. The highest BCUT2D eigenvalue weighted by Crippen LogP contribution is 2.33. The van der Waals surface area contributed by atoms with E-state index in [-0.39, 0.29) is 17.6 Å². The molecule has 1 aromatic rings. The molecule has 0 saturated carbocycles. The van der Waals surface area contributed by atoms with Crippen LogP contribution in [-0.2, 0) is 16.1 Å². The summed E-state index contributed by atoms with van der Waals surface area (Å²) in [5, 5.41) is 9.49. The summed E-state index contributed by atoms with van der Waals surface area (Å²) < 4.78 is 6.33. The lowest BCUT2D eigenvalue weighted by Crippen LogP contribution is -2.59. The number of likely N-dealkylation sites (tertiary alicyclic amines) is 1. The molecule has 0 aromatic heterocycles. The van der Waals surface area contributed by atoms with Gasteiger partial charge in [0.2, 0.25) is 0 Å². The van der Waals surface area contributed by atoms with Gasteiger partial charge in [0, 0.05) is 32.7 Å². The molecule has 1 amide bonds. The molecule has 2 atom stereocenters. The third-order valence-corrected chi connectivity index (χ3v) is 5.07. The third kappa shape index (κ3) is 3.97. The minimum Gasteiger partial charge on any atom is -0.384 e. The zero-order chi connectivity index (χ0) is 17.2. The quantitative estimate of drug-likeness (QED) is 0.914. The lowest BCUT2D eigenvalue weighted by Gasteiger charge is -2.49. The standard InChI is InChI=1S/C19H28N2O3/c1-15-12-20(13-17-6-4-3-5-7-17)14-19(24-15)8-10-21(11-9-19)18(23)16(2)22/h3-7,15-16,22H,8-14H2,1-2H3. The predicted molar refractivity (Wildman–Crippen MR) is 92.5 cm³/mol. The first-order valence-corrected chi connectivity index (χ1v) is 8.88. The molecule has 132 valence electrons. The number of piperidine rings is 1. The van der Waals surface area contributed by atoms with E-state index >= 15 is 0 Å². The van der Waals surface area contributed by atoms with Crippen molar-refractivity contribution in [2.45, 2.75) is 51.0 Å². The van der Waals surface area contributed by atoms with Crippen molar-refractivity contribution in [3.05, 3.63) is 35.9 Å². The summed E-state index contributed by atoms with van der Waals surface area (Å²) in [5.74, 6) is -0.171. The number of ether oxygens (including phenoxy) is 1. The minimum atomic E-state index is -0.917. The van der Waals surface area contributed by atoms with Crippen LogP contribution in [0.4, 0.5) is 0 Å². The fraction of sp³-hybridized carbons (Fsp3) is 0.632. The van der Waals surface area contributed by atoms with Gasteiger partial charge < -0.3 is 14.7 Å². The Labute approximate surface area is 144 Å². The first-order valence-electron chi connectivity index (χ1n) is 8.88. The van der Waals surface area contributed by atoms with Crippen LogP contribution in [0, 0.1) is 0 Å². The predicted octanol–water partition coefficient (Wildman–Crippen LogP) is 1.65. The molecule has 5 heteroatoms. The highest BCUT2D eigenvalue weighted by Gasteiger charge is 2.42. The number of morpholine rings is 1. The zero-order valence-corrected chi connectivity index (χ0v) is 14.6. The third-order valence-electron chi connectivity index (χ3n) is 5.07. The summed E-state index contributed by atoms with van der Waals surface area (Å²) in [6.07, 6.45) is 0.948. The van der Waals surface area contributed by atoms with Gasteiger partial charge in [-0.2, -0.15) is 0 Å². The number of nitrogens with zero attached hydrogens (tertiary/aromatic N) is 2. The Hall–Kier alpha value is -1.43. The number of aliphatic hydroxyl groups excluding tert-OH is 1. The smallest absolute Gasteiger partial charge is 0.251 e. The van der Waals surface area contributed by atoms with Crippen molar-refractivity contribution >= 4 is 5.91 Å². The molecular formula is C19H28N2O3. The van der Waals surface area contributed by atoms with Gasteiger partial charge in [-0.3, -0.25) is 9.69 Å². The van der Waals surface area contributed by atoms with Crippen molar-refractivity contribution in [1.82, 2.24) is 9.80 Å². The van der Waals surface area contributed by atoms with E-state index in [1.807, 2.05) is 6.07 Å². The van der Waals surface area contributed by atoms with Crippen molar-refractivity contribution in [2.75, 3.05) is 26.2 Å². The van der Waals surface area contributed by atoms with E-state index in [0.29, 0.717) is 13.1 Å². The van der Waals surface area contributed by atoms with E-state index in [0.717, 1.165) is 32.5 Å².